The van der Waals surface area contributed by atoms with Crippen LogP contribution < -0.4 is 9.80 Å². The molecule has 1 saturated heterocycles. The Morgan fingerprint density at radius 3 is 2.86 bits per heavy atom. The molecule has 1 amide bonds. The molecule has 0 saturated carbocycles. The van der Waals surface area contributed by atoms with E-state index in [1.54, 1.807) is 11.8 Å². The van der Waals surface area contributed by atoms with Crippen molar-refractivity contribution in [1.29, 1.82) is 0 Å². The number of carbonyl (C=O) groups is 1. The number of piperazine rings is 1. The first-order chi connectivity index (χ1) is 9.97. The van der Waals surface area contributed by atoms with Crippen LogP contribution in [0.4, 0.5) is 11.6 Å². The third kappa shape index (κ3) is 4.04. The maximum absolute atomic E-state index is 11.8. The predicted molar refractivity (Wildman–Crippen MR) is 81.4 cm³/mol. The normalized spacial score (nSPS) is 17.0. The molecule has 1 N–H and O–H groups in total. The molecular formula is C14H23N5O2. The van der Waals surface area contributed by atoms with Crippen molar-refractivity contribution in [1.82, 2.24) is 14.9 Å². The molecule has 2 rings (SSSR count). The molecule has 1 atom stereocenters. The molecule has 21 heavy (non-hydrogen) atoms. The lowest BCUT2D eigenvalue weighted by Crippen LogP contribution is -2.48. The fraction of sp³-hybridized carbons (Fsp3) is 0.643. The maximum Gasteiger partial charge on any atom is 0.241 e. The van der Waals surface area contributed by atoms with Crippen LogP contribution in [0.15, 0.2) is 12.4 Å². The van der Waals surface area contributed by atoms with Gasteiger partial charge in [-0.2, -0.15) is 0 Å². The summed E-state index contributed by atoms with van der Waals surface area (Å²) < 4.78 is 0. The molecule has 0 bridgehead atoms. The van der Waals surface area contributed by atoms with Crippen LogP contribution in [0.25, 0.3) is 0 Å². The third-order valence-electron chi connectivity index (χ3n) is 3.69. The number of carbonyl (C=O) groups excluding carboxylic acids is 1. The van der Waals surface area contributed by atoms with Gasteiger partial charge in [0.05, 0.1) is 12.6 Å². The van der Waals surface area contributed by atoms with Crippen molar-refractivity contribution < 1.29 is 9.90 Å². The second-order valence-electron chi connectivity index (χ2n) is 5.53. The molecule has 0 radical (unpaired) electrons. The molecule has 1 fully saturated rings. The maximum atomic E-state index is 11.8. The smallest absolute Gasteiger partial charge is 0.241 e. The Kier molecular flexibility index (Phi) is 4.95. The Morgan fingerprint density at radius 1 is 1.43 bits per heavy atom. The summed E-state index contributed by atoms with van der Waals surface area (Å²) in [6, 6.07) is 1.89. The van der Waals surface area contributed by atoms with E-state index in [1.807, 2.05) is 30.0 Å². The van der Waals surface area contributed by atoms with Gasteiger partial charge in [0.25, 0.3) is 0 Å². The highest BCUT2D eigenvalue weighted by Crippen LogP contribution is 2.18. The highest BCUT2D eigenvalue weighted by molar-refractivity contribution is 5.82. The Balaban J connectivity index is 2.05. The highest BCUT2D eigenvalue weighted by Gasteiger charge is 2.22. The molecule has 1 aromatic heterocycles. The number of nitrogens with zero attached hydrogens (tertiary/aromatic N) is 5. The van der Waals surface area contributed by atoms with Gasteiger partial charge in [0.15, 0.2) is 0 Å². The number of hydrogen-bond donors (Lipinski definition) is 1. The third-order valence-corrected chi connectivity index (χ3v) is 3.69. The van der Waals surface area contributed by atoms with Gasteiger partial charge in [-0.05, 0) is 13.3 Å². The molecule has 1 unspecified atom stereocenters. The second-order valence-corrected chi connectivity index (χ2v) is 5.53. The van der Waals surface area contributed by atoms with E-state index in [-0.39, 0.29) is 12.0 Å². The van der Waals surface area contributed by atoms with Gasteiger partial charge in [0.1, 0.15) is 18.0 Å². The van der Waals surface area contributed by atoms with E-state index >= 15 is 0 Å². The number of rotatable bonds is 5. The first-order valence-corrected chi connectivity index (χ1v) is 7.17. The topological polar surface area (TPSA) is 72.8 Å². The van der Waals surface area contributed by atoms with E-state index in [1.165, 1.54) is 6.33 Å². The van der Waals surface area contributed by atoms with Gasteiger partial charge in [0, 0.05) is 39.8 Å². The lowest BCUT2D eigenvalue weighted by molar-refractivity contribution is -0.129. The van der Waals surface area contributed by atoms with Crippen molar-refractivity contribution in [3.63, 3.8) is 0 Å². The monoisotopic (exact) mass is 293 g/mol. The number of anilines is 2. The van der Waals surface area contributed by atoms with E-state index in [0.717, 1.165) is 24.7 Å². The van der Waals surface area contributed by atoms with Gasteiger partial charge < -0.3 is 19.8 Å². The van der Waals surface area contributed by atoms with Crippen LogP contribution in [0.1, 0.15) is 13.3 Å². The fourth-order valence-electron chi connectivity index (χ4n) is 2.17. The molecular weight excluding hydrogens is 270 g/mol. The molecule has 2 heterocycles. The van der Waals surface area contributed by atoms with Crippen molar-refractivity contribution in [2.24, 2.45) is 0 Å². The number of hydrogen-bond acceptors (Lipinski definition) is 6. The van der Waals surface area contributed by atoms with Crippen LogP contribution in [0.3, 0.4) is 0 Å². The van der Waals surface area contributed by atoms with Crippen molar-refractivity contribution >= 4 is 17.5 Å². The van der Waals surface area contributed by atoms with Gasteiger partial charge in [0.2, 0.25) is 5.91 Å². The minimum atomic E-state index is -0.330. The van der Waals surface area contributed by atoms with Crippen LogP contribution in [-0.2, 0) is 4.79 Å². The summed E-state index contributed by atoms with van der Waals surface area (Å²) in [4.78, 5) is 26.0. The molecule has 1 aromatic rings. The SMILES string of the molecule is CC(O)CCN(C)c1cc(N2CCN(C)C(=O)C2)ncn1. The zero-order chi connectivity index (χ0) is 15.4. The Hall–Kier alpha value is -1.89. The molecule has 116 valence electrons. The van der Waals surface area contributed by atoms with Gasteiger partial charge in [-0.3, -0.25) is 4.79 Å². The lowest BCUT2D eigenvalue weighted by Gasteiger charge is -2.33. The largest absolute Gasteiger partial charge is 0.393 e. The summed E-state index contributed by atoms with van der Waals surface area (Å²) in [5, 5.41) is 9.35. The molecule has 0 aromatic carbocycles. The van der Waals surface area contributed by atoms with Gasteiger partial charge in [-0.15, -0.1) is 0 Å². The molecule has 1 aliphatic rings. The van der Waals surface area contributed by atoms with Crippen LogP contribution in [-0.4, -0.2) is 72.3 Å². The molecule has 7 nitrogen and oxygen atoms in total. The summed E-state index contributed by atoms with van der Waals surface area (Å²) in [5.74, 6) is 1.67. The summed E-state index contributed by atoms with van der Waals surface area (Å²) >= 11 is 0. The van der Waals surface area contributed by atoms with Crippen LogP contribution in [0, 0.1) is 0 Å². The Bertz CT molecular complexity index is 494. The van der Waals surface area contributed by atoms with Gasteiger partial charge in [-0.25, -0.2) is 9.97 Å². The number of likely N-dealkylation sites (N-methyl/N-ethyl adjacent to an activating group) is 1. The van der Waals surface area contributed by atoms with E-state index in [9.17, 15) is 9.90 Å². The lowest BCUT2D eigenvalue weighted by atomic mass is 10.2. The zero-order valence-electron chi connectivity index (χ0n) is 12.9. The zero-order valence-corrected chi connectivity index (χ0v) is 12.9. The van der Waals surface area contributed by atoms with Crippen molar-refractivity contribution in [3.05, 3.63) is 12.4 Å². The fourth-order valence-corrected chi connectivity index (χ4v) is 2.17. The number of amides is 1. The summed E-state index contributed by atoms with van der Waals surface area (Å²) in [6.45, 7) is 4.32. The van der Waals surface area contributed by atoms with E-state index < -0.39 is 0 Å². The van der Waals surface area contributed by atoms with Crippen molar-refractivity contribution in [3.8, 4) is 0 Å². The summed E-state index contributed by atoms with van der Waals surface area (Å²) in [5.41, 5.74) is 0. The minimum absolute atomic E-state index is 0.101. The van der Waals surface area contributed by atoms with E-state index in [0.29, 0.717) is 19.5 Å². The molecule has 7 heteroatoms. The predicted octanol–water partition coefficient (Wildman–Crippen LogP) is -0.0379. The van der Waals surface area contributed by atoms with Gasteiger partial charge >= 0.3 is 0 Å². The van der Waals surface area contributed by atoms with Crippen LogP contribution >= 0.6 is 0 Å². The van der Waals surface area contributed by atoms with Crippen LogP contribution in [0.5, 0.6) is 0 Å². The van der Waals surface area contributed by atoms with Gasteiger partial charge in [-0.1, -0.05) is 0 Å². The summed E-state index contributed by atoms with van der Waals surface area (Å²) in [6.07, 6.45) is 1.87. The first kappa shape index (κ1) is 15.5. The van der Waals surface area contributed by atoms with Crippen molar-refractivity contribution in [2.45, 2.75) is 19.4 Å². The first-order valence-electron chi connectivity index (χ1n) is 7.17. The standard InChI is InChI=1S/C14H23N5O2/c1-11(20)4-5-17(2)12-8-13(16-10-15-12)19-7-6-18(3)14(21)9-19/h8,10-11,20H,4-7,9H2,1-3H3. The van der Waals surface area contributed by atoms with E-state index in [4.69, 9.17) is 0 Å². The van der Waals surface area contributed by atoms with Crippen molar-refractivity contribution in [2.75, 3.05) is 50.1 Å². The summed E-state index contributed by atoms with van der Waals surface area (Å²) in [7, 11) is 3.75. The average Bonchev–Trinajstić information content (AvgIpc) is 2.47. The molecule has 1 aliphatic heterocycles. The number of aromatic nitrogens is 2. The van der Waals surface area contributed by atoms with Crippen LogP contribution in [0.2, 0.25) is 0 Å². The average molecular weight is 293 g/mol. The van der Waals surface area contributed by atoms with E-state index in [2.05, 4.69) is 9.97 Å². The highest BCUT2D eigenvalue weighted by atomic mass is 16.3. The quantitative estimate of drug-likeness (QED) is 0.821. The Morgan fingerprint density at radius 2 is 2.19 bits per heavy atom. The number of aliphatic hydroxyl groups is 1. The Labute approximate surface area is 125 Å². The molecule has 0 aliphatic carbocycles. The number of aliphatic hydroxyl groups excluding tert-OH is 1. The minimum Gasteiger partial charge on any atom is -0.393 e. The molecule has 0 spiro atoms. The second kappa shape index (κ2) is 6.71.